The lowest BCUT2D eigenvalue weighted by atomic mass is 10.2. The van der Waals surface area contributed by atoms with Crippen molar-refractivity contribution >= 4 is 29.0 Å². The summed E-state index contributed by atoms with van der Waals surface area (Å²) >= 11 is 5.30. The molecule has 1 aliphatic heterocycles. The molecule has 0 amide bonds. The van der Waals surface area contributed by atoms with Crippen LogP contribution < -0.4 is 25.8 Å². The number of hydrogen-bond acceptors (Lipinski definition) is 5. The van der Waals surface area contributed by atoms with Crippen LogP contribution in [-0.2, 0) is 6.54 Å². The minimum absolute atomic E-state index is 0.521. The van der Waals surface area contributed by atoms with Crippen molar-refractivity contribution in [1.29, 1.82) is 0 Å². The number of thiocarbonyl (C=S) groups is 1. The van der Waals surface area contributed by atoms with Crippen molar-refractivity contribution in [3.63, 3.8) is 0 Å². The van der Waals surface area contributed by atoms with Gasteiger partial charge in [0.05, 0.1) is 13.7 Å². The Kier molecular flexibility index (Phi) is 5.69. The highest BCUT2D eigenvalue weighted by atomic mass is 32.1. The third kappa shape index (κ3) is 4.60. The molecule has 2 aromatic rings. The number of nitrogens with zero attached hydrogens (tertiary/aromatic N) is 2. The molecule has 3 N–H and O–H groups in total. The van der Waals surface area contributed by atoms with Gasteiger partial charge in [0.1, 0.15) is 5.75 Å². The Morgan fingerprint density at radius 3 is 2.64 bits per heavy atom. The standard InChI is InChI=1S/C18H21N5OS/c1-24-16-9-7-15(8-10-16)23-12-11-19-17(23)21-22-18(25)20-13-14-5-3-2-4-6-14/h2-10H,11-13H2,1H3,(H,19,21)(H2,20,22,25). The molecule has 3 rings (SSSR count). The number of methoxy groups -OCH3 is 1. The molecule has 0 unspecified atom stereocenters. The highest BCUT2D eigenvalue weighted by Crippen LogP contribution is 2.20. The van der Waals surface area contributed by atoms with E-state index in [0.29, 0.717) is 11.7 Å². The maximum atomic E-state index is 5.30. The van der Waals surface area contributed by atoms with Gasteiger partial charge < -0.3 is 15.0 Å². The second-order valence-electron chi connectivity index (χ2n) is 5.47. The summed E-state index contributed by atoms with van der Waals surface area (Å²) in [6.45, 7) is 2.23. The molecule has 1 heterocycles. The molecule has 1 aliphatic rings. The summed E-state index contributed by atoms with van der Waals surface area (Å²) in [4.78, 5) is 6.57. The molecule has 0 saturated carbocycles. The Balaban J connectivity index is 1.50. The number of hydrazine groups is 1. The van der Waals surface area contributed by atoms with Crippen LogP contribution in [0.25, 0.3) is 0 Å². The van der Waals surface area contributed by atoms with Gasteiger partial charge in [-0.2, -0.15) is 0 Å². The van der Waals surface area contributed by atoms with E-state index in [1.807, 2.05) is 42.5 Å². The van der Waals surface area contributed by atoms with Gasteiger partial charge in [0.25, 0.3) is 0 Å². The number of benzene rings is 2. The lowest BCUT2D eigenvalue weighted by Gasteiger charge is -2.22. The van der Waals surface area contributed by atoms with E-state index < -0.39 is 0 Å². The van der Waals surface area contributed by atoms with Crippen LogP contribution >= 0.6 is 12.2 Å². The van der Waals surface area contributed by atoms with E-state index in [2.05, 4.69) is 38.2 Å². The molecule has 0 aliphatic carbocycles. The SMILES string of the molecule is COc1ccc(N2CCN=C2NNC(=S)NCc2ccccc2)cc1. The second-order valence-corrected chi connectivity index (χ2v) is 5.88. The first-order chi connectivity index (χ1) is 12.3. The van der Waals surface area contributed by atoms with E-state index in [1.165, 1.54) is 5.56 Å². The van der Waals surface area contributed by atoms with Gasteiger partial charge in [-0.3, -0.25) is 10.9 Å². The molecule has 7 heteroatoms. The van der Waals surface area contributed by atoms with Crippen molar-refractivity contribution in [1.82, 2.24) is 16.2 Å². The first-order valence-electron chi connectivity index (χ1n) is 8.06. The average Bonchev–Trinajstić information content (AvgIpc) is 3.14. The molecule has 2 aromatic carbocycles. The predicted octanol–water partition coefficient (Wildman–Crippen LogP) is 2.04. The normalized spacial score (nSPS) is 13.2. The molecule has 0 radical (unpaired) electrons. The highest BCUT2D eigenvalue weighted by molar-refractivity contribution is 7.80. The van der Waals surface area contributed by atoms with Crippen molar-refractivity contribution < 1.29 is 4.74 Å². The predicted molar refractivity (Wildman–Crippen MR) is 105 cm³/mol. The van der Waals surface area contributed by atoms with Crippen LogP contribution in [0.1, 0.15) is 5.56 Å². The van der Waals surface area contributed by atoms with E-state index in [-0.39, 0.29) is 0 Å². The molecular formula is C18H21N5OS. The fourth-order valence-corrected chi connectivity index (χ4v) is 2.63. The number of ether oxygens (including phenoxy) is 1. The summed E-state index contributed by atoms with van der Waals surface area (Å²) in [6, 6.07) is 18.0. The van der Waals surface area contributed by atoms with E-state index in [9.17, 15) is 0 Å². The fraction of sp³-hybridized carbons (Fsp3) is 0.222. The average molecular weight is 355 g/mol. The van der Waals surface area contributed by atoms with Gasteiger partial charge >= 0.3 is 0 Å². The van der Waals surface area contributed by atoms with Gasteiger partial charge in [0, 0.05) is 18.8 Å². The monoisotopic (exact) mass is 355 g/mol. The molecule has 0 aromatic heterocycles. The summed E-state index contributed by atoms with van der Waals surface area (Å²) in [5.74, 6) is 1.58. The Morgan fingerprint density at radius 1 is 1.16 bits per heavy atom. The highest BCUT2D eigenvalue weighted by Gasteiger charge is 2.18. The lowest BCUT2D eigenvalue weighted by Crippen LogP contribution is -2.51. The minimum Gasteiger partial charge on any atom is -0.497 e. The number of guanidine groups is 1. The molecular weight excluding hydrogens is 334 g/mol. The smallest absolute Gasteiger partial charge is 0.217 e. The molecule has 0 bridgehead atoms. The first-order valence-corrected chi connectivity index (χ1v) is 8.47. The third-order valence-electron chi connectivity index (χ3n) is 3.81. The van der Waals surface area contributed by atoms with Gasteiger partial charge in [-0.05, 0) is 42.0 Å². The summed E-state index contributed by atoms with van der Waals surface area (Å²) in [6.07, 6.45) is 0. The Bertz CT molecular complexity index is 733. The van der Waals surface area contributed by atoms with E-state index in [1.54, 1.807) is 7.11 Å². The Hall–Kier alpha value is -2.80. The van der Waals surface area contributed by atoms with E-state index in [4.69, 9.17) is 17.0 Å². The Morgan fingerprint density at radius 2 is 1.92 bits per heavy atom. The van der Waals surface area contributed by atoms with Crippen LogP contribution in [-0.4, -0.2) is 31.3 Å². The lowest BCUT2D eigenvalue weighted by molar-refractivity contribution is 0.415. The molecule has 6 nitrogen and oxygen atoms in total. The van der Waals surface area contributed by atoms with Gasteiger partial charge in [-0.25, -0.2) is 4.99 Å². The summed E-state index contributed by atoms with van der Waals surface area (Å²) in [7, 11) is 1.66. The van der Waals surface area contributed by atoms with Gasteiger partial charge in [-0.15, -0.1) is 0 Å². The van der Waals surface area contributed by atoms with Crippen LogP contribution in [0, 0.1) is 0 Å². The number of aliphatic imine (C=N–C) groups is 1. The second kappa shape index (κ2) is 8.34. The quantitative estimate of drug-likeness (QED) is 0.576. The van der Waals surface area contributed by atoms with E-state index >= 15 is 0 Å². The van der Waals surface area contributed by atoms with Crippen LogP contribution in [0.5, 0.6) is 5.75 Å². The van der Waals surface area contributed by atoms with Crippen LogP contribution in [0.4, 0.5) is 5.69 Å². The minimum atomic E-state index is 0.521. The Labute approximate surface area is 152 Å². The zero-order valence-electron chi connectivity index (χ0n) is 14.0. The fourth-order valence-electron chi connectivity index (χ4n) is 2.50. The van der Waals surface area contributed by atoms with Gasteiger partial charge in [-0.1, -0.05) is 30.3 Å². The molecule has 25 heavy (non-hydrogen) atoms. The topological polar surface area (TPSA) is 60.9 Å². The third-order valence-corrected chi connectivity index (χ3v) is 4.06. The number of anilines is 1. The largest absolute Gasteiger partial charge is 0.497 e. The van der Waals surface area contributed by atoms with Crippen LogP contribution in [0.15, 0.2) is 59.6 Å². The summed E-state index contributed by atoms with van der Waals surface area (Å²) < 4.78 is 5.20. The molecule has 0 spiro atoms. The van der Waals surface area contributed by atoms with Crippen molar-refractivity contribution in [3.05, 3.63) is 60.2 Å². The van der Waals surface area contributed by atoms with Gasteiger partial charge in [0.2, 0.25) is 5.96 Å². The molecule has 0 fully saturated rings. The van der Waals surface area contributed by atoms with Gasteiger partial charge in [0.15, 0.2) is 5.11 Å². The van der Waals surface area contributed by atoms with Crippen molar-refractivity contribution in [3.8, 4) is 5.75 Å². The first kappa shape index (κ1) is 17.0. The van der Waals surface area contributed by atoms with Crippen molar-refractivity contribution in [2.24, 2.45) is 4.99 Å². The number of rotatable bonds is 4. The molecule has 130 valence electrons. The van der Waals surface area contributed by atoms with Crippen molar-refractivity contribution in [2.75, 3.05) is 25.1 Å². The zero-order chi connectivity index (χ0) is 17.5. The molecule has 0 saturated heterocycles. The van der Waals surface area contributed by atoms with Crippen LogP contribution in [0.2, 0.25) is 0 Å². The molecule has 0 atom stereocenters. The maximum absolute atomic E-state index is 5.30. The van der Waals surface area contributed by atoms with E-state index in [0.717, 1.165) is 30.5 Å². The summed E-state index contributed by atoms with van der Waals surface area (Å²) in [5, 5.41) is 3.68. The zero-order valence-corrected chi connectivity index (χ0v) is 14.8. The van der Waals surface area contributed by atoms with Crippen LogP contribution in [0.3, 0.4) is 0 Å². The van der Waals surface area contributed by atoms with Crippen molar-refractivity contribution in [2.45, 2.75) is 6.54 Å². The number of hydrogen-bond donors (Lipinski definition) is 3. The summed E-state index contributed by atoms with van der Waals surface area (Å²) in [5.41, 5.74) is 8.30. The maximum Gasteiger partial charge on any atom is 0.217 e. The number of nitrogens with one attached hydrogen (secondary N) is 3.